The van der Waals surface area contributed by atoms with Gasteiger partial charge in [-0.3, -0.25) is 4.79 Å². The maximum absolute atomic E-state index is 12.6. The quantitative estimate of drug-likeness (QED) is 0.823. The molecule has 1 amide bonds. The van der Waals surface area contributed by atoms with Gasteiger partial charge < -0.3 is 15.2 Å². The number of benzene rings is 2. The molecule has 0 bridgehead atoms. The van der Waals surface area contributed by atoms with E-state index in [1.54, 1.807) is 24.3 Å². The second-order valence-corrected chi connectivity index (χ2v) is 5.50. The van der Waals surface area contributed by atoms with Gasteiger partial charge in [-0.1, -0.05) is 12.1 Å². The molecular formula is C18H16F3NO4. The Hall–Kier alpha value is -3.03. The Balaban J connectivity index is 2.11. The van der Waals surface area contributed by atoms with E-state index in [0.29, 0.717) is 11.3 Å². The molecule has 0 aliphatic heterocycles. The molecule has 0 saturated heterocycles. The zero-order valence-corrected chi connectivity index (χ0v) is 13.7. The number of nitrogens with one attached hydrogen (secondary N) is 1. The Morgan fingerprint density at radius 1 is 1.15 bits per heavy atom. The lowest BCUT2D eigenvalue weighted by Crippen LogP contribution is -2.42. The van der Waals surface area contributed by atoms with Crippen LogP contribution in [0.25, 0.3) is 0 Å². The van der Waals surface area contributed by atoms with Crippen molar-refractivity contribution in [1.29, 1.82) is 0 Å². The number of carbonyl (C=O) groups is 2. The van der Waals surface area contributed by atoms with Gasteiger partial charge in [-0.15, -0.1) is 0 Å². The smallest absolute Gasteiger partial charge is 0.416 e. The van der Waals surface area contributed by atoms with Gasteiger partial charge in [0.05, 0.1) is 12.7 Å². The number of methoxy groups -OCH3 is 1. The van der Waals surface area contributed by atoms with Crippen LogP contribution in [0.4, 0.5) is 13.2 Å². The van der Waals surface area contributed by atoms with Crippen LogP contribution in [0, 0.1) is 0 Å². The van der Waals surface area contributed by atoms with Crippen LogP contribution < -0.4 is 10.1 Å². The lowest BCUT2D eigenvalue weighted by Gasteiger charge is -2.15. The predicted octanol–water partition coefficient (Wildman–Crippen LogP) is 3.14. The zero-order valence-electron chi connectivity index (χ0n) is 13.7. The largest absolute Gasteiger partial charge is 0.497 e. The molecule has 2 aromatic carbocycles. The molecule has 0 aliphatic rings. The second-order valence-electron chi connectivity index (χ2n) is 5.50. The summed E-state index contributed by atoms with van der Waals surface area (Å²) in [5.74, 6) is -1.48. The molecule has 0 spiro atoms. The number of hydrogen-bond acceptors (Lipinski definition) is 3. The summed E-state index contributed by atoms with van der Waals surface area (Å²) in [5, 5.41) is 11.6. The predicted molar refractivity (Wildman–Crippen MR) is 87.0 cm³/mol. The van der Waals surface area contributed by atoms with Gasteiger partial charge >= 0.3 is 12.1 Å². The summed E-state index contributed by atoms with van der Waals surface area (Å²) in [7, 11) is 1.47. The molecule has 0 aliphatic carbocycles. The summed E-state index contributed by atoms with van der Waals surface area (Å²) in [6, 6.07) is 9.01. The number of hydrogen-bond donors (Lipinski definition) is 2. The summed E-state index contributed by atoms with van der Waals surface area (Å²) in [5.41, 5.74) is -0.320. The van der Waals surface area contributed by atoms with Gasteiger partial charge in [0.25, 0.3) is 5.91 Å². The number of carboxylic acids is 1. The minimum Gasteiger partial charge on any atom is -0.497 e. The van der Waals surface area contributed by atoms with Gasteiger partial charge in [0.1, 0.15) is 11.8 Å². The maximum atomic E-state index is 12.6. The van der Waals surface area contributed by atoms with E-state index in [1.807, 2.05) is 0 Å². The Morgan fingerprint density at radius 2 is 1.81 bits per heavy atom. The fourth-order valence-corrected chi connectivity index (χ4v) is 2.29. The van der Waals surface area contributed by atoms with Crippen molar-refractivity contribution in [2.24, 2.45) is 0 Å². The van der Waals surface area contributed by atoms with Crippen molar-refractivity contribution in [3.05, 3.63) is 65.2 Å². The molecule has 0 unspecified atom stereocenters. The van der Waals surface area contributed by atoms with Crippen LogP contribution >= 0.6 is 0 Å². The molecule has 0 radical (unpaired) electrons. The van der Waals surface area contributed by atoms with Crippen molar-refractivity contribution in [3.8, 4) is 5.75 Å². The van der Waals surface area contributed by atoms with E-state index >= 15 is 0 Å². The molecule has 138 valence electrons. The van der Waals surface area contributed by atoms with Crippen molar-refractivity contribution in [2.45, 2.75) is 18.6 Å². The zero-order chi connectivity index (χ0) is 19.3. The van der Waals surface area contributed by atoms with Gasteiger partial charge in [0.2, 0.25) is 0 Å². The summed E-state index contributed by atoms with van der Waals surface area (Å²) in [4.78, 5) is 23.6. The van der Waals surface area contributed by atoms with Crippen molar-refractivity contribution in [2.75, 3.05) is 7.11 Å². The molecule has 0 saturated carbocycles. The molecule has 2 aromatic rings. The number of ether oxygens (including phenoxy) is 1. The highest BCUT2D eigenvalue weighted by Crippen LogP contribution is 2.29. The van der Waals surface area contributed by atoms with E-state index < -0.39 is 29.7 Å². The van der Waals surface area contributed by atoms with E-state index in [2.05, 4.69) is 5.32 Å². The summed E-state index contributed by atoms with van der Waals surface area (Å²) < 4.78 is 42.7. The Bertz CT molecular complexity index is 788. The molecule has 2 rings (SSSR count). The normalized spacial score (nSPS) is 12.3. The number of aliphatic carboxylic acids is 1. The van der Waals surface area contributed by atoms with Crippen LogP contribution in [0.5, 0.6) is 5.75 Å². The highest BCUT2D eigenvalue weighted by Gasteiger charge is 2.30. The lowest BCUT2D eigenvalue weighted by atomic mass is 10.0. The first-order valence-corrected chi connectivity index (χ1v) is 7.54. The summed E-state index contributed by atoms with van der Waals surface area (Å²) in [6.45, 7) is 0. The Labute approximate surface area is 147 Å². The first kappa shape index (κ1) is 19.3. The minimum atomic E-state index is -4.51. The molecule has 8 heteroatoms. The number of alkyl halides is 3. The number of carbonyl (C=O) groups excluding carboxylic acids is 1. The molecule has 0 aromatic heterocycles. The highest BCUT2D eigenvalue weighted by atomic mass is 19.4. The first-order chi connectivity index (χ1) is 12.2. The molecule has 2 N–H and O–H groups in total. The van der Waals surface area contributed by atoms with Crippen molar-refractivity contribution in [1.82, 2.24) is 5.32 Å². The van der Waals surface area contributed by atoms with Gasteiger partial charge in [0, 0.05) is 12.0 Å². The number of carboxylic acid groups (broad SMARTS) is 1. The topological polar surface area (TPSA) is 75.6 Å². The van der Waals surface area contributed by atoms with E-state index in [4.69, 9.17) is 4.74 Å². The third-order valence-electron chi connectivity index (χ3n) is 3.65. The SMILES string of the molecule is COc1cccc(C[C@@H](NC(=O)c2ccc(C(F)(F)F)cc2)C(=O)O)c1. The van der Waals surface area contributed by atoms with E-state index in [1.165, 1.54) is 7.11 Å². The van der Waals surface area contributed by atoms with E-state index in [9.17, 15) is 27.9 Å². The fourth-order valence-electron chi connectivity index (χ4n) is 2.29. The molecule has 1 atom stereocenters. The second kappa shape index (κ2) is 7.90. The third kappa shape index (κ3) is 4.98. The summed E-state index contributed by atoms with van der Waals surface area (Å²) in [6.07, 6.45) is -4.51. The van der Waals surface area contributed by atoms with Crippen LogP contribution in [0.15, 0.2) is 48.5 Å². The standard InChI is InChI=1S/C18H16F3NO4/c1-26-14-4-2-3-11(9-14)10-15(17(24)25)22-16(23)12-5-7-13(8-6-12)18(19,20)21/h2-9,15H,10H2,1H3,(H,22,23)(H,24,25)/t15-/m1/s1. The van der Waals surface area contributed by atoms with Crippen molar-refractivity contribution in [3.63, 3.8) is 0 Å². The summed E-state index contributed by atoms with van der Waals surface area (Å²) >= 11 is 0. The first-order valence-electron chi connectivity index (χ1n) is 7.54. The molecule has 0 heterocycles. The van der Waals surface area contributed by atoms with Crippen LogP contribution in [-0.2, 0) is 17.4 Å². The highest BCUT2D eigenvalue weighted by molar-refractivity contribution is 5.96. The average molecular weight is 367 g/mol. The Kier molecular flexibility index (Phi) is 5.86. The number of amides is 1. The number of halogens is 3. The van der Waals surface area contributed by atoms with E-state index in [-0.39, 0.29) is 12.0 Å². The Morgan fingerprint density at radius 3 is 2.35 bits per heavy atom. The lowest BCUT2D eigenvalue weighted by molar-refractivity contribution is -0.139. The fraction of sp³-hybridized carbons (Fsp3) is 0.222. The van der Waals surface area contributed by atoms with Gasteiger partial charge in [-0.25, -0.2) is 4.79 Å². The van der Waals surface area contributed by atoms with Crippen molar-refractivity contribution >= 4 is 11.9 Å². The van der Waals surface area contributed by atoms with Crippen molar-refractivity contribution < 1.29 is 32.6 Å². The van der Waals surface area contributed by atoms with E-state index in [0.717, 1.165) is 24.3 Å². The monoisotopic (exact) mass is 367 g/mol. The van der Waals surface area contributed by atoms with Crippen LogP contribution in [0.1, 0.15) is 21.5 Å². The molecular weight excluding hydrogens is 351 g/mol. The molecule has 5 nitrogen and oxygen atoms in total. The minimum absolute atomic E-state index is 0.00108. The maximum Gasteiger partial charge on any atom is 0.416 e. The van der Waals surface area contributed by atoms with Crippen LogP contribution in [-0.4, -0.2) is 30.1 Å². The van der Waals surface area contributed by atoms with Gasteiger partial charge in [-0.05, 0) is 42.0 Å². The van der Waals surface area contributed by atoms with Gasteiger partial charge in [0.15, 0.2) is 0 Å². The number of rotatable bonds is 6. The van der Waals surface area contributed by atoms with Gasteiger partial charge in [-0.2, -0.15) is 13.2 Å². The van der Waals surface area contributed by atoms with Crippen LogP contribution in [0.2, 0.25) is 0 Å². The molecule has 26 heavy (non-hydrogen) atoms. The third-order valence-corrected chi connectivity index (χ3v) is 3.65. The average Bonchev–Trinajstić information content (AvgIpc) is 2.60. The van der Waals surface area contributed by atoms with Crippen LogP contribution in [0.3, 0.4) is 0 Å². The molecule has 0 fully saturated rings.